The molecular formula is C19H22ClN5O2. The average Bonchev–Trinajstić information content (AvgIpc) is 3.23. The molecule has 1 aliphatic carbocycles. The van der Waals surface area contributed by atoms with Crippen molar-refractivity contribution < 1.29 is 10.2 Å². The lowest BCUT2D eigenvalue weighted by molar-refractivity contribution is 0.00218. The van der Waals surface area contributed by atoms with Crippen LogP contribution in [0, 0.1) is 5.92 Å². The van der Waals surface area contributed by atoms with E-state index in [1.54, 1.807) is 12.5 Å². The summed E-state index contributed by atoms with van der Waals surface area (Å²) in [6, 6.07) is 7.38. The van der Waals surface area contributed by atoms with Crippen LogP contribution >= 0.6 is 11.6 Å². The fourth-order valence-corrected chi connectivity index (χ4v) is 4.39. The Labute approximate surface area is 162 Å². The summed E-state index contributed by atoms with van der Waals surface area (Å²) in [6.45, 7) is 2.07. The third kappa shape index (κ3) is 3.05. The molecule has 1 aliphatic heterocycles. The van der Waals surface area contributed by atoms with Gasteiger partial charge in [-0.3, -0.25) is 0 Å². The van der Waals surface area contributed by atoms with Gasteiger partial charge >= 0.3 is 0 Å². The normalized spacial score (nSPS) is 29.9. The minimum Gasteiger partial charge on any atom is -0.390 e. The Kier molecular flexibility index (Phi) is 4.75. The Hall–Kier alpha value is -2.22. The molecule has 1 aromatic heterocycles. The van der Waals surface area contributed by atoms with Crippen LogP contribution in [0.1, 0.15) is 42.3 Å². The number of halogens is 1. The first kappa shape index (κ1) is 18.2. The third-order valence-corrected chi connectivity index (χ3v) is 6.07. The van der Waals surface area contributed by atoms with Crippen molar-refractivity contribution in [2.45, 2.75) is 43.9 Å². The van der Waals surface area contributed by atoms with Gasteiger partial charge in [0.15, 0.2) is 5.84 Å². The number of nitrogens with zero attached hydrogens (tertiary/aromatic N) is 4. The summed E-state index contributed by atoms with van der Waals surface area (Å²) >= 11 is 5.98. The van der Waals surface area contributed by atoms with Crippen LogP contribution in [0.15, 0.2) is 40.7 Å². The molecular weight excluding hydrogens is 366 g/mol. The van der Waals surface area contributed by atoms with Crippen LogP contribution in [0.4, 0.5) is 0 Å². The molecule has 5 atom stereocenters. The van der Waals surface area contributed by atoms with Crippen LogP contribution in [0.5, 0.6) is 0 Å². The molecule has 2 heterocycles. The Morgan fingerprint density at radius 3 is 2.70 bits per heavy atom. The SMILES string of the molecule is C[C@@H](c1ccc(Cl)cc1)[C@H]1C[C@@H](n2cnc3c2CC=N/C3=N/N)[C@H](O)[C@@H]1O. The number of aliphatic imine (C=N–C) groups is 1. The van der Waals surface area contributed by atoms with Crippen LogP contribution < -0.4 is 5.84 Å². The van der Waals surface area contributed by atoms with E-state index in [0.717, 1.165) is 11.3 Å². The number of aliphatic hydroxyl groups excluding tert-OH is 2. The molecule has 27 heavy (non-hydrogen) atoms. The quantitative estimate of drug-likeness (QED) is 0.551. The molecule has 0 radical (unpaired) electrons. The van der Waals surface area contributed by atoms with Crippen LogP contribution in [-0.4, -0.2) is 44.0 Å². The maximum Gasteiger partial charge on any atom is 0.198 e. The largest absolute Gasteiger partial charge is 0.390 e. The van der Waals surface area contributed by atoms with Gasteiger partial charge in [0.2, 0.25) is 0 Å². The summed E-state index contributed by atoms with van der Waals surface area (Å²) in [5.41, 5.74) is 2.63. The lowest BCUT2D eigenvalue weighted by Crippen LogP contribution is -2.31. The highest BCUT2D eigenvalue weighted by molar-refractivity contribution is 6.30. The number of hydrazone groups is 1. The molecule has 0 unspecified atom stereocenters. The van der Waals surface area contributed by atoms with E-state index in [1.807, 2.05) is 28.8 Å². The van der Waals surface area contributed by atoms with E-state index in [0.29, 0.717) is 29.4 Å². The number of hydrogen-bond acceptors (Lipinski definition) is 5. The summed E-state index contributed by atoms with van der Waals surface area (Å²) < 4.78 is 1.94. The average molecular weight is 388 g/mol. The zero-order valence-electron chi connectivity index (χ0n) is 14.9. The number of rotatable bonds is 3. The van der Waals surface area contributed by atoms with Crippen LogP contribution in [0.2, 0.25) is 5.02 Å². The molecule has 1 fully saturated rings. The molecule has 1 saturated carbocycles. The zero-order chi connectivity index (χ0) is 19.1. The number of aromatic nitrogens is 2. The number of nitrogens with two attached hydrogens (primary N) is 1. The van der Waals surface area contributed by atoms with Gasteiger partial charge in [0.1, 0.15) is 11.8 Å². The second kappa shape index (κ2) is 7.07. The summed E-state index contributed by atoms with van der Waals surface area (Å²) in [7, 11) is 0. The minimum absolute atomic E-state index is 0.0795. The molecule has 0 saturated heterocycles. The van der Waals surface area contributed by atoms with Gasteiger partial charge in [-0.2, -0.15) is 5.10 Å². The second-order valence-corrected chi connectivity index (χ2v) is 7.64. The van der Waals surface area contributed by atoms with E-state index in [2.05, 4.69) is 22.0 Å². The highest BCUT2D eigenvalue weighted by Gasteiger charge is 2.45. The van der Waals surface area contributed by atoms with E-state index >= 15 is 0 Å². The molecule has 0 bridgehead atoms. The Bertz CT molecular complexity index is 892. The van der Waals surface area contributed by atoms with E-state index in [4.69, 9.17) is 17.4 Å². The van der Waals surface area contributed by atoms with E-state index < -0.39 is 12.2 Å². The number of aliphatic hydroxyl groups is 2. The first-order valence-electron chi connectivity index (χ1n) is 8.99. The van der Waals surface area contributed by atoms with E-state index in [9.17, 15) is 10.2 Å². The topological polar surface area (TPSA) is 109 Å². The van der Waals surface area contributed by atoms with Crippen molar-refractivity contribution in [1.82, 2.24) is 9.55 Å². The third-order valence-electron chi connectivity index (χ3n) is 5.82. The minimum atomic E-state index is -0.875. The van der Waals surface area contributed by atoms with Crippen molar-refractivity contribution in [1.29, 1.82) is 0 Å². The highest BCUT2D eigenvalue weighted by Crippen LogP contribution is 2.43. The van der Waals surface area contributed by atoms with Crippen molar-refractivity contribution in [2.24, 2.45) is 21.9 Å². The van der Waals surface area contributed by atoms with E-state index in [-0.39, 0.29) is 17.9 Å². The Morgan fingerprint density at radius 1 is 1.26 bits per heavy atom. The standard InChI is InChI=1S/C19H22ClN5O2/c1-10(11-2-4-12(20)5-3-11)13-8-15(18(27)17(13)26)25-9-23-16-14(25)6-7-22-19(16)24-21/h2-5,7,9-10,13,15,17-18,26-27H,6,8,21H2,1H3/b24-19+/t10-,13+,15+,17+,18-/m0/s1. The maximum absolute atomic E-state index is 10.8. The number of fused-ring (bicyclic) bond motifs is 1. The molecule has 4 rings (SSSR count). The maximum atomic E-state index is 10.8. The summed E-state index contributed by atoms with van der Waals surface area (Å²) in [5.74, 6) is 5.78. The molecule has 7 nitrogen and oxygen atoms in total. The first-order chi connectivity index (χ1) is 13.0. The van der Waals surface area contributed by atoms with Gasteiger partial charge in [-0.1, -0.05) is 30.7 Å². The molecule has 4 N–H and O–H groups in total. The molecule has 0 spiro atoms. The number of amidine groups is 1. The fraction of sp³-hybridized carbons (Fsp3) is 0.421. The summed E-state index contributed by atoms with van der Waals surface area (Å²) in [4.78, 5) is 8.54. The predicted octanol–water partition coefficient (Wildman–Crippen LogP) is 1.87. The fourth-order valence-electron chi connectivity index (χ4n) is 4.27. The second-order valence-electron chi connectivity index (χ2n) is 7.20. The Balaban J connectivity index is 1.62. The van der Waals surface area contributed by atoms with Gasteiger partial charge in [0.25, 0.3) is 0 Å². The molecule has 2 aromatic rings. The molecule has 8 heteroatoms. The highest BCUT2D eigenvalue weighted by atomic mass is 35.5. The van der Waals surface area contributed by atoms with Crippen molar-refractivity contribution in [3.05, 3.63) is 52.6 Å². The van der Waals surface area contributed by atoms with Gasteiger partial charge in [-0.25, -0.2) is 9.98 Å². The smallest absolute Gasteiger partial charge is 0.198 e. The number of imidazole rings is 1. The van der Waals surface area contributed by atoms with Crippen LogP contribution in [0.3, 0.4) is 0 Å². The lowest BCUT2D eigenvalue weighted by atomic mass is 9.85. The van der Waals surface area contributed by atoms with Gasteiger partial charge in [-0.15, -0.1) is 0 Å². The number of benzene rings is 1. The molecule has 0 amide bonds. The van der Waals surface area contributed by atoms with Gasteiger partial charge in [-0.05, 0) is 36.0 Å². The summed E-state index contributed by atoms with van der Waals surface area (Å²) in [5, 5.41) is 25.8. The summed E-state index contributed by atoms with van der Waals surface area (Å²) in [6.07, 6.45) is 2.95. The zero-order valence-corrected chi connectivity index (χ0v) is 15.7. The Morgan fingerprint density at radius 2 is 2.00 bits per heavy atom. The molecule has 2 aliphatic rings. The van der Waals surface area contributed by atoms with Crippen LogP contribution in [-0.2, 0) is 6.42 Å². The monoisotopic (exact) mass is 387 g/mol. The van der Waals surface area contributed by atoms with Crippen molar-refractivity contribution in [3.63, 3.8) is 0 Å². The van der Waals surface area contributed by atoms with Gasteiger partial charge in [0.05, 0.1) is 24.2 Å². The number of hydrogen-bond donors (Lipinski definition) is 3. The van der Waals surface area contributed by atoms with Crippen molar-refractivity contribution >= 4 is 23.7 Å². The van der Waals surface area contributed by atoms with E-state index in [1.165, 1.54) is 0 Å². The molecule has 1 aromatic carbocycles. The predicted molar refractivity (Wildman–Crippen MR) is 104 cm³/mol. The van der Waals surface area contributed by atoms with Crippen LogP contribution in [0.25, 0.3) is 0 Å². The molecule has 142 valence electrons. The first-order valence-corrected chi connectivity index (χ1v) is 9.37. The van der Waals surface area contributed by atoms with Gasteiger partial charge in [0, 0.05) is 17.7 Å². The van der Waals surface area contributed by atoms with Crippen molar-refractivity contribution in [2.75, 3.05) is 0 Å². The lowest BCUT2D eigenvalue weighted by Gasteiger charge is -2.23. The van der Waals surface area contributed by atoms with Crippen molar-refractivity contribution in [3.8, 4) is 0 Å². The van der Waals surface area contributed by atoms with Gasteiger partial charge < -0.3 is 20.6 Å².